The highest BCUT2D eigenvalue weighted by Gasteiger charge is 2.21. The summed E-state index contributed by atoms with van der Waals surface area (Å²) in [6.07, 6.45) is 4.20. The Morgan fingerprint density at radius 1 is 1.07 bits per heavy atom. The fourth-order valence-corrected chi connectivity index (χ4v) is 4.46. The molecule has 0 spiro atoms. The largest absolute Gasteiger partial charge is 0.469 e. The van der Waals surface area contributed by atoms with Crippen LogP contribution in [0.5, 0.6) is 0 Å². The molecular formula is C22H28FNO4S. The summed E-state index contributed by atoms with van der Waals surface area (Å²) in [5.74, 6) is -0.586. The number of carbonyl (C=O) groups excluding carboxylic acids is 1. The third-order valence-electron chi connectivity index (χ3n) is 4.72. The van der Waals surface area contributed by atoms with Gasteiger partial charge in [-0.2, -0.15) is 0 Å². The molecule has 0 aliphatic rings. The predicted molar refractivity (Wildman–Crippen MR) is 110 cm³/mol. The van der Waals surface area contributed by atoms with Crippen molar-refractivity contribution in [3.8, 4) is 0 Å². The molecular weight excluding hydrogens is 393 g/mol. The van der Waals surface area contributed by atoms with E-state index in [-0.39, 0.29) is 16.7 Å². The van der Waals surface area contributed by atoms with E-state index in [0.717, 1.165) is 36.8 Å². The van der Waals surface area contributed by atoms with E-state index in [1.165, 1.54) is 19.2 Å². The van der Waals surface area contributed by atoms with Gasteiger partial charge < -0.3 is 4.74 Å². The van der Waals surface area contributed by atoms with Gasteiger partial charge in [0.25, 0.3) is 0 Å². The topological polar surface area (TPSA) is 72.5 Å². The summed E-state index contributed by atoms with van der Waals surface area (Å²) >= 11 is 0. The van der Waals surface area contributed by atoms with Crippen LogP contribution in [-0.2, 0) is 19.6 Å². The van der Waals surface area contributed by atoms with Crippen LogP contribution in [0.25, 0.3) is 0 Å². The Balaban J connectivity index is 2.04. The Morgan fingerprint density at radius 3 is 2.41 bits per heavy atom. The fraction of sp³-hybridized carbons (Fsp3) is 0.409. The lowest BCUT2D eigenvalue weighted by atomic mass is 10.0. The molecule has 0 fully saturated rings. The first kappa shape index (κ1) is 23.0. The van der Waals surface area contributed by atoms with Gasteiger partial charge in [0.1, 0.15) is 5.82 Å². The van der Waals surface area contributed by atoms with Gasteiger partial charge in [0.05, 0.1) is 12.0 Å². The second kappa shape index (κ2) is 11.1. The number of esters is 1. The second-order valence-electron chi connectivity index (χ2n) is 7.07. The zero-order valence-electron chi connectivity index (χ0n) is 16.9. The number of carbonyl (C=O) groups is 1. The van der Waals surface area contributed by atoms with Crippen LogP contribution in [0.2, 0.25) is 0 Å². The molecule has 7 heteroatoms. The van der Waals surface area contributed by atoms with Crippen LogP contribution in [0, 0.1) is 12.7 Å². The normalized spacial score (nSPS) is 12.5. The zero-order valence-corrected chi connectivity index (χ0v) is 17.7. The smallest absolute Gasteiger partial charge is 0.305 e. The van der Waals surface area contributed by atoms with Crippen molar-refractivity contribution in [3.63, 3.8) is 0 Å². The molecule has 2 aromatic rings. The van der Waals surface area contributed by atoms with Gasteiger partial charge in [-0.3, -0.25) is 4.79 Å². The maximum absolute atomic E-state index is 13.3. The van der Waals surface area contributed by atoms with Crippen LogP contribution in [-0.4, -0.2) is 21.5 Å². The van der Waals surface area contributed by atoms with Crippen molar-refractivity contribution in [2.45, 2.75) is 56.4 Å². The Hall–Kier alpha value is -2.25. The second-order valence-corrected chi connectivity index (χ2v) is 8.78. The molecule has 5 nitrogen and oxygen atoms in total. The third kappa shape index (κ3) is 7.59. The molecule has 2 rings (SSSR count). The molecule has 0 radical (unpaired) electrons. The number of ether oxygens (including phenoxy) is 1. The Kier molecular flexibility index (Phi) is 8.79. The number of rotatable bonds is 11. The van der Waals surface area contributed by atoms with E-state index in [0.29, 0.717) is 12.8 Å². The van der Waals surface area contributed by atoms with Crippen LogP contribution >= 0.6 is 0 Å². The van der Waals surface area contributed by atoms with E-state index in [4.69, 9.17) is 0 Å². The number of nitrogens with one attached hydrogen (secondary N) is 1. The summed E-state index contributed by atoms with van der Waals surface area (Å²) < 4.78 is 46.4. The molecule has 0 heterocycles. The third-order valence-corrected chi connectivity index (χ3v) is 6.19. The predicted octanol–water partition coefficient (Wildman–Crippen LogP) is 4.67. The van der Waals surface area contributed by atoms with Crippen molar-refractivity contribution in [2.24, 2.45) is 0 Å². The number of unbranched alkanes of at least 4 members (excludes halogenated alkanes) is 3. The molecule has 0 aromatic heterocycles. The minimum absolute atomic E-state index is 0.211. The monoisotopic (exact) mass is 421 g/mol. The van der Waals surface area contributed by atoms with Gasteiger partial charge in [0, 0.05) is 12.5 Å². The van der Waals surface area contributed by atoms with Crippen LogP contribution in [0.4, 0.5) is 4.39 Å². The fourth-order valence-electron chi connectivity index (χ4n) is 3.10. The molecule has 1 N–H and O–H groups in total. The van der Waals surface area contributed by atoms with E-state index < -0.39 is 16.1 Å². The maximum Gasteiger partial charge on any atom is 0.305 e. The van der Waals surface area contributed by atoms with Gasteiger partial charge in [-0.1, -0.05) is 43.5 Å². The summed E-state index contributed by atoms with van der Waals surface area (Å²) in [6.45, 7) is 1.84. The zero-order chi connectivity index (χ0) is 21.3. The molecule has 1 unspecified atom stereocenters. The first-order valence-electron chi connectivity index (χ1n) is 9.73. The van der Waals surface area contributed by atoms with Gasteiger partial charge in [-0.25, -0.2) is 17.5 Å². The highest BCUT2D eigenvalue weighted by Crippen LogP contribution is 2.24. The lowest BCUT2D eigenvalue weighted by Crippen LogP contribution is -2.28. The van der Waals surface area contributed by atoms with Crippen LogP contribution in [0.1, 0.15) is 55.7 Å². The minimum Gasteiger partial charge on any atom is -0.469 e. The molecule has 0 bridgehead atoms. The average Bonchev–Trinajstić information content (AvgIpc) is 2.70. The number of methoxy groups -OCH3 is 1. The summed E-state index contributed by atoms with van der Waals surface area (Å²) in [6, 6.07) is 12.1. The quantitative estimate of drug-likeness (QED) is 0.423. The van der Waals surface area contributed by atoms with Crippen molar-refractivity contribution >= 4 is 16.0 Å². The van der Waals surface area contributed by atoms with E-state index >= 15 is 0 Å². The molecule has 158 valence electrons. The molecule has 2 aromatic carbocycles. The summed E-state index contributed by atoms with van der Waals surface area (Å²) in [7, 11) is -2.34. The first-order chi connectivity index (χ1) is 13.8. The number of sulfonamides is 1. The number of hydrogen-bond donors (Lipinski definition) is 1. The van der Waals surface area contributed by atoms with Crippen molar-refractivity contribution in [1.29, 1.82) is 0 Å². The molecule has 0 saturated carbocycles. The summed E-state index contributed by atoms with van der Waals surface area (Å²) in [5, 5.41) is 0. The van der Waals surface area contributed by atoms with Crippen LogP contribution < -0.4 is 4.72 Å². The number of hydrogen-bond acceptors (Lipinski definition) is 4. The number of benzene rings is 2. The SMILES string of the molecule is COC(=O)CCCCCCC(NS(=O)(=O)c1cccc(C)c1)c1ccc(F)cc1. The average molecular weight is 422 g/mol. The molecule has 0 amide bonds. The first-order valence-corrected chi connectivity index (χ1v) is 11.2. The highest BCUT2D eigenvalue weighted by atomic mass is 32.2. The maximum atomic E-state index is 13.3. The minimum atomic E-state index is -3.71. The van der Waals surface area contributed by atoms with Crippen molar-refractivity contribution < 1.29 is 22.3 Å². The number of aryl methyl sites for hydroxylation is 1. The van der Waals surface area contributed by atoms with Gasteiger partial charge >= 0.3 is 5.97 Å². The standard InChI is InChI=1S/C22H28FNO4S/c1-17-8-7-9-20(16-17)29(26,27)24-21(18-12-14-19(23)15-13-18)10-5-3-4-6-11-22(25)28-2/h7-9,12-16,21,24H,3-6,10-11H2,1-2H3. The molecule has 0 aliphatic carbocycles. The summed E-state index contributed by atoms with van der Waals surface area (Å²) in [5.41, 5.74) is 1.58. The molecule has 1 atom stereocenters. The lowest BCUT2D eigenvalue weighted by molar-refractivity contribution is -0.140. The Labute approximate surface area is 172 Å². The van der Waals surface area contributed by atoms with Crippen molar-refractivity contribution in [1.82, 2.24) is 4.72 Å². The summed E-state index contributed by atoms with van der Waals surface area (Å²) in [4.78, 5) is 11.4. The van der Waals surface area contributed by atoms with E-state index in [1.807, 2.05) is 13.0 Å². The van der Waals surface area contributed by atoms with Gasteiger partial charge in [0.15, 0.2) is 0 Å². The van der Waals surface area contributed by atoms with Gasteiger partial charge in [-0.15, -0.1) is 0 Å². The van der Waals surface area contributed by atoms with Gasteiger partial charge in [-0.05, 0) is 55.2 Å². The number of halogens is 1. The lowest BCUT2D eigenvalue weighted by Gasteiger charge is -2.20. The van der Waals surface area contributed by atoms with Crippen LogP contribution in [0.3, 0.4) is 0 Å². The van der Waals surface area contributed by atoms with E-state index in [1.54, 1.807) is 30.3 Å². The van der Waals surface area contributed by atoms with E-state index in [9.17, 15) is 17.6 Å². The highest BCUT2D eigenvalue weighted by molar-refractivity contribution is 7.89. The van der Waals surface area contributed by atoms with Crippen LogP contribution in [0.15, 0.2) is 53.4 Å². The van der Waals surface area contributed by atoms with Gasteiger partial charge in [0.2, 0.25) is 10.0 Å². The van der Waals surface area contributed by atoms with Crippen molar-refractivity contribution in [2.75, 3.05) is 7.11 Å². The molecule has 0 saturated heterocycles. The van der Waals surface area contributed by atoms with E-state index in [2.05, 4.69) is 9.46 Å². The Morgan fingerprint density at radius 2 is 1.76 bits per heavy atom. The van der Waals surface area contributed by atoms with Crippen molar-refractivity contribution in [3.05, 3.63) is 65.5 Å². The molecule has 29 heavy (non-hydrogen) atoms. The molecule has 0 aliphatic heterocycles. The Bertz CT molecular complexity index is 897.